The van der Waals surface area contributed by atoms with Crippen LogP contribution in [0.1, 0.15) is 32.2 Å². The van der Waals surface area contributed by atoms with Crippen molar-refractivity contribution in [3.63, 3.8) is 0 Å². The molecule has 1 atom stereocenters. The highest BCUT2D eigenvalue weighted by atomic mass is 79.9. The molecule has 0 spiro atoms. The van der Waals surface area contributed by atoms with Crippen molar-refractivity contribution < 1.29 is 4.52 Å². The molecule has 0 saturated heterocycles. The lowest BCUT2D eigenvalue weighted by Crippen LogP contribution is -2.31. The van der Waals surface area contributed by atoms with Crippen molar-refractivity contribution >= 4 is 15.9 Å². The Balaban J connectivity index is 2.06. The fourth-order valence-electron chi connectivity index (χ4n) is 2.48. The standard InChI is InChI=1S/C17H17BrN4O/c1-11(2)17(3,13-4-6-14(18)7-5-13)16-21-15(23-22-16)12-8-19-10-20-9-12/h4-11H,1-3H3. The molecule has 3 rings (SSSR count). The Labute approximate surface area is 143 Å². The summed E-state index contributed by atoms with van der Waals surface area (Å²) in [6.45, 7) is 6.45. The van der Waals surface area contributed by atoms with Gasteiger partial charge in [-0.25, -0.2) is 9.97 Å². The maximum Gasteiger partial charge on any atom is 0.261 e. The van der Waals surface area contributed by atoms with Gasteiger partial charge < -0.3 is 4.52 Å². The molecule has 1 unspecified atom stereocenters. The molecule has 118 valence electrons. The molecule has 0 N–H and O–H groups in total. The Morgan fingerprint density at radius 1 is 1.09 bits per heavy atom. The fourth-order valence-corrected chi connectivity index (χ4v) is 2.74. The molecule has 6 heteroatoms. The van der Waals surface area contributed by atoms with E-state index in [-0.39, 0.29) is 5.41 Å². The molecular formula is C17H17BrN4O. The van der Waals surface area contributed by atoms with E-state index in [9.17, 15) is 0 Å². The van der Waals surface area contributed by atoms with Crippen LogP contribution in [0.5, 0.6) is 0 Å². The SMILES string of the molecule is CC(C)C(C)(c1ccc(Br)cc1)c1noc(-c2cncnc2)n1. The van der Waals surface area contributed by atoms with E-state index in [1.165, 1.54) is 6.33 Å². The minimum Gasteiger partial charge on any atom is -0.334 e. The zero-order valence-electron chi connectivity index (χ0n) is 13.2. The smallest absolute Gasteiger partial charge is 0.261 e. The first-order chi connectivity index (χ1) is 11.0. The number of hydrogen-bond acceptors (Lipinski definition) is 5. The van der Waals surface area contributed by atoms with Crippen LogP contribution in [-0.2, 0) is 5.41 Å². The average Bonchev–Trinajstić information content (AvgIpc) is 3.06. The Kier molecular flexibility index (Phi) is 4.26. The van der Waals surface area contributed by atoms with E-state index in [1.54, 1.807) is 12.4 Å². The molecule has 5 nitrogen and oxygen atoms in total. The third-order valence-corrected chi connectivity index (χ3v) is 4.83. The molecule has 0 aliphatic rings. The van der Waals surface area contributed by atoms with Crippen LogP contribution >= 0.6 is 15.9 Å². The molecule has 2 aromatic heterocycles. The van der Waals surface area contributed by atoms with Gasteiger partial charge in [0, 0.05) is 16.9 Å². The molecule has 0 aliphatic carbocycles. The molecule has 0 bridgehead atoms. The Bertz CT molecular complexity index is 786. The van der Waals surface area contributed by atoms with E-state index in [2.05, 4.69) is 68.9 Å². The van der Waals surface area contributed by atoms with E-state index >= 15 is 0 Å². The van der Waals surface area contributed by atoms with Crippen LogP contribution in [0.15, 0.2) is 52.0 Å². The zero-order valence-corrected chi connectivity index (χ0v) is 14.8. The lowest BCUT2D eigenvalue weighted by Gasteiger charge is -2.31. The number of nitrogens with zero attached hydrogens (tertiary/aromatic N) is 4. The van der Waals surface area contributed by atoms with E-state index < -0.39 is 0 Å². The Hall–Kier alpha value is -2.08. The van der Waals surface area contributed by atoms with Gasteiger partial charge >= 0.3 is 0 Å². The van der Waals surface area contributed by atoms with E-state index in [0.717, 1.165) is 10.0 Å². The molecule has 0 aliphatic heterocycles. The van der Waals surface area contributed by atoms with Gasteiger partial charge in [-0.2, -0.15) is 4.98 Å². The van der Waals surface area contributed by atoms with Crippen LogP contribution < -0.4 is 0 Å². The molecule has 23 heavy (non-hydrogen) atoms. The van der Waals surface area contributed by atoms with Gasteiger partial charge in [0.05, 0.1) is 11.0 Å². The molecule has 2 heterocycles. The number of benzene rings is 1. The van der Waals surface area contributed by atoms with Crippen LogP contribution in [0, 0.1) is 5.92 Å². The zero-order chi connectivity index (χ0) is 16.4. The monoisotopic (exact) mass is 372 g/mol. The summed E-state index contributed by atoms with van der Waals surface area (Å²) >= 11 is 3.48. The summed E-state index contributed by atoms with van der Waals surface area (Å²) in [5, 5.41) is 4.23. The van der Waals surface area contributed by atoms with Crippen molar-refractivity contribution in [2.24, 2.45) is 5.92 Å². The topological polar surface area (TPSA) is 64.7 Å². The summed E-state index contributed by atoms with van der Waals surface area (Å²) in [7, 11) is 0. The summed E-state index contributed by atoms with van der Waals surface area (Å²) in [5.41, 5.74) is 1.51. The lowest BCUT2D eigenvalue weighted by atomic mass is 9.73. The predicted molar refractivity (Wildman–Crippen MR) is 90.8 cm³/mol. The van der Waals surface area contributed by atoms with Crippen molar-refractivity contribution in [2.45, 2.75) is 26.2 Å². The largest absolute Gasteiger partial charge is 0.334 e. The minimum absolute atomic E-state index is 0.293. The lowest BCUT2D eigenvalue weighted by molar-refractivity contribution is 0.350. The summed E-state index contributed by atoms with van der Waals surface area (Å²) in [4.78, 5) is 12.6. The van der Waals surface area contributed by atoms with Crippen molar-refractivity contribution in [2.75, 3.05) is 0 Å². The number of hydrogen-bond donors (Lipinski definition) is 0. The third-order valence-electron chi connectivity index (χ3n) is 4.30. The molecular weight excluding hydrogens is 356 g/mol. The van der Waals surface area contributed by atoms with Crippen molar-refractivity contribution in [3.8, 4) is 11.5 Å². The van der Waals surface area contributed by atoms with Gasteiger partial charge in [0.2, 0.25) is 0 Å². The number of aromatic nitrogens is 4. The average molecular weight is 373 g/mol. The first-order valence-electron chi connectivity index (χ1n) is 7.37. The number of rotatable bonds is 4. The fraction of sp³-hybridized carbons (Fsp3) is 0.294. The van der Waals surface area contributed by atoms with Crippen molar-refractivity contribution in [1.29, 1.82) is 0 Å². The van der Waals surface area contributed by atoms with E-state index in [1.807, 2.05) is 12.1 Å². The molecule has 0 fully saturated rings. The third kappa shape index (κ3) is 2.91. The highest BCUT2D eigenvalue weighted by Gasteiger charge is 2.37. The second kappa shape index (κ2) is 6.20. The van der Waals surface area contributed by atoms with Gasteiger partial charge in [0.1, 0.15) is 6.33 Å². The van der Waals surface area contributed by atoms with Crippen LogP contribution in [0.3, 0.4) is 0 Å². The van der Waals surface area contributed by atoms with Crippen LogP contribution in [0.2, 0.25) is 0 Å². The Morgan fingerprint density at radius 2 is 1.74 bits per heavy atom. The first-order valence-corrected chi connectivity index (χ1v) is 8.16. The Morgan fingerprint density at radius 3 is 2.35 bits per heavy atom. The maximum absolute atomic E-state index is 5.44. The van der Waals surface area contributed by atoms with Crippen LogP contribution in [0.25, 0.3) is 11.5 Å². The van der Waals surface area contributed by atoms with Gasteiger partial charge in [-0.3, -0.25) is 0 Å². The quantitative estimate of drug-likeness (QED) is 0.684. The van der Waals surface area contributed by atoms with E-state index in [0.29, 0.717) is 23.2 Å². The molecule has 0 amide bonds. The summed E-state index contributed by atoms with van der Waals surface area (Å²) in [5.74, 6) is 1.39. The molecule has 1 aromatic carbocycles. The van der Waals surface area contributed by atoms with Crippen molar-refractivity contribution in [1.82, 2.24) is 20.1 Å². The molecule has 0 saturated carbocycles. The number of halogens is 1. The minimum atomic E-state index is -0.349. The summed E-state index contributed by atoms with van der Waals surface area (Å²) < 4.78 is 6.49. The van der Waals surface area contributed by atoms with Crippen LogP contribution in [0.4, 0.5) is 0 Å². The molecule has 0 radical (unpaired) electrons. The normalized spacial score (nSPS) is 14.0. The highest BCUT2D eigenvalue weighted by molar-refractivity contribution is 9.10. The highest BCUT2D eigenvalue weighted by Crippen LogP contribution is 2.38. The predicted octanol–water partition coefficient (Wildman–Crippen LogP) is 4.25. The maximum atomic E-state index is 5.44. The van der Waals surface area contributed by atoms with Gasteiger partial charge in [-0.05, 0) is 30.5 Å². The second-order valence-corrected chi connectivity index (χ2v) is 6.83. The first kappa shape index (κ1) is 15.8. The van der Waals surface area contributed by atoms with Gasteiger partial charge in [0.25, 0.3) is 5.89 Å². The second-order valence-electron chi connectivity index (χ2n) is 5.91. The van der Waals surface area contributed by atoms with Gasteiger partial charge in [-0.1, -0.05) is 47.1 Å². The van der Waals surface area contributed by atoms with E-state index in [4.69, 9.17) is 4.52 Å². The van der Waals surface area contributed by atoms with Gasteiger partial charge in [-0.15, -0.1) is 0 Å². The molecule has 3 aromatic rings. The van der Waals surface area contributed by atoms with Gasteiger partial charge in [0.15, 0.2) is 5.82 Å². The van der Waals surface area contributed by atoms with Crippen molar-refractivity contribution in [3.05, 3.63) is 58.8 Å². The summed E-state index contributed by atoms with van der Waals surface area (Å²) in [6, 6.07) is 8.24. The van der Waals surface area contributed by atoms with Crippen LogP contribution in [-0.4, -0.2) is 20.1 Å². The summed E-state index contributed by atoms with van der Waals surface area (Å²) in [6.07, 6.45) is 4.80.